The number of hydrogen-bond acceptors (Lipinski definition) is 4. The summed E-state index contributed by atoms with van der Waals surface area (Å²) >= 11 is 17.7. The van der Waals surface area contributed by atoms with Crippen molar-refractivity contribution in [3.05, 3.63) is 60.2 Å². The average Bonchev–Trinajstić information content (AvgIpc) is 2.46. The highest BCUT2D eigenvalue weighted by Crippen LogP contribution is 2.62. The van der Waals surface area contributed by atoms with Crippen molar-refractivity contribution in [1.82, 2.24) is 5.23 Å². The molecule has 4 nitrogen and oxygen atoms in total. The van der Waals surface area contributed by atoms with Crippen LogP contribution in [0.4, 0.5) is 5.69 Å². The van der Waals surface area contributed by atoms with E-state index in [0.717, 1.165) is 11.2 Å². The quantitative estimate of drug-likeness (QED) is 0.368. The molecule has 0 radical (unpaired) electrons. The third-order valence-corrected chi connectivity index (χ3v) is 4.67. The Morgan fingerprint density at radius 2 is 1.68 bits per heavy atom. The van der Waals surface area contributed by atoms with Gasteiger partial charge in [0, 0.05) is 11.3 Å². The molecular formula is C13H11BCl3N2O2P. The topological polar surface area (TPSA) is 50.4 Å². The molecule has 2 aromatic carbocycles. The second-order valence-electron chi connectivity index (χ2n) is 4.78. The van der Waals surface area contributed by atoms with Gasteiger partial charge in [-0.05, 0) is 34.0 Å². The largest absolute Gasteiger partial charge is 0.410 e. The molecule has 22 heavy (non-hydrogen) atoms. The molecule has 0 spiro atoms. The monoisotopic (exact) mass is 374 g/mol. The van der Waals surface area contributed by atoms with Crippen LogP contribution in [-0.4, -0.2) is 6.98 Å². The van der Waals surface area contributed by atoms with Gasteiger partial charge in [0.15, 0.2) is 0 Å². The summed E-state index contributed by atoms with van der Waals surface area (Å²) in [5.74, 6) is 0. The summed E-state index contributed by atoms with van der Waals surface area (Å²) < 4.78 is 16.9. The molecule has 0 saturated heterocycles. The van der Waals surface area contributed by atoms with Crippen LogP contribution in [0.2, 0.25) is 0 Å². The molecule has 2 aromatic rings. The second kappa shape index (κ2) is 6.08. The maximum absolute atomic E-state index is 11.7. The van der Waals surface area contributed by atoms with E-state index in [1.807, 2.05) is 42.5 Å². The maximum atomic E-state index is 11.7. The normalized spacial score (nSPS) is 21.1. The van der Waals surface area contributed by atoms with E-state index in [4.69, 9.17) is 38.6 Å². The first kappa shape index (κ1) is 16.2. The van der Waals surface area contributed by atoms with Crippen LogP contribution in [0.1, 0.15) is 5.56 Å². The Kier molecular flexibility index (Phi) is 4.48. The van der Waals surface area contributed by atoms with Crippen LogP contribution >= 0.6 is 40.2 Å². The predicted octanol–water partition coefficient (Wildman–Crippen LogP) is 4.05. The van der Waals surface area contributed by atoms with E-state index in [1.54, 1.807) is 12.1 Å². The van der Waals surface area contributed by atoms with E-state index in [2.05, 4.69) is 10.5 Å². The van der Waals surface area contributed by atoms with Gasteiger partial charge in [-0.2, -0.15) is 0 Å². The van der Waals surface area contributed by atoms with Crippen molar-refractivity contribution in [3.63, 3.8) is 0 Å². The molecule has 0 aromatic heterocycles. The van der Waals surface area contributed by atoms with Gasteiger partial charge in [-0.3, -0.25) is 14.3 Å². The van der Waals surface area contributed by atoms with Crippen molar-refractivity contribution in [2.75, 3.05) is 5.23 Å². The number of fused-ring (bicyclic) bond motifs is 1. The zero-order valence-electron chi connectivity index (χ0n) is 11.2. The lowest BCUT2D eigenvalue weighted by Crippen LogP contribution is -2.61. The van der Waals surface area contributed by atoms with Gasteiger partial charge in [0.05, 0.1) is 0 Å². The average molecular weight is 375 g/mol. The highest BCUT2D eigenvalue weighted by molar-refractivity contribution is 8.05. The molecule has 0 fully saturated rings. The summed E-state index contributed by atoms with van der Waals surface area (Å²) in [7, 11) is 0. The number of halogens is 3. The molecule has 0 bridgehead atoms. The summed E-state index contributed by atoms with van der Waals surface area (Å²) in [5.41, 5.74) is 2.24. The van der Waals surface area contributed by atoms with Gasteiger partial charge in [0.1, 0.15) is 0 Å². The summed E-state index contributed by atoms with van der Waals surface area (Å²) in [6.07, 6.45) is -3.85. The Labute approximate surface area is 143 Å². The molecule has 0 amide bonds. The molecular weight excluding hydrogens is 364 g/mol. The fourth-order valence-electron chi connectivity index (χ4n) is 2.38. The third-order valence-electron chi connectivity index (χ3n) is 3.27. The number of anilines is 1. The van der Waals surface area contributed by atoms with E-state index in [-0.39, 0.29) is 6.98 Å². The van der Waals surface area contributed by atoms with Gasteiger partial charge >= 0.3 is 13.1 Å². The van der Waals surface area contributed by atoms with Gasteiger partial charge in [-0.25, -0.2) is 0 Å². The van der Waals surface area contributed by atoms with Crippen LogP contribution < -0.4 is 15.9 Å². The molecule has 9 heteroatoms. The molecule has 1 heterocycles. The molecule has 1 aliphatic rings. The molecule has 114 valence electrons. The number of nitrogens with one attached hydrogen (secondary N) is 2. The Balaban J connectivity index is 2.03. The zero-order chi connectivity index (χ0) is 15.8. The highest BCUT2D eigenvalue weighted by atomic mass is 35.9. The minimum absolute atomic E-state index is 0.353. The lowest BCUT2D eigenvalue weighted by atomic mass is 9.66. The molecule has 0 saturated carbocycles. The predicted molar refractivity (Wildman–Crippen MR) is 93.0 cm³/mol. The molecule has 1 unspecified atom stereocenters. The second-order valence-corrected chi connectivity index (χ2v) is 9.51. The van der Waals surface area contributed by atoms with Gasteiger partial charge in [-0.1, -0.05) is 60.1 Å². The van der Waals surface area contributed by atoms with Gasteiger partial charge < -0.3 is 5.23 Å². The van der Waals surface area contributed by atoms with Crippen molar-refractivity contribution in [2.45, 2.75) is 5.18 Å². The van der Waals surface area contributed by atoms with Crippen LogP contribution in [0, 0.1) is 0 Å². The Morgan fingerprint density at radius 3 is 2.36 bits per heavy atom. The number of benzene rings is 2. The number of rotatable bonds is 3. The van der Waals surface area contributed by atoms with Crippen LogP contribution in [0.5, 0.6) is 0 Å². The van der Waals surface area contributed by atoms with Crippen molar-refractivity contribution in [1.29, 1.82) is 0 Å². The molecule has 1 aliphatic heterocycles. The zero-order valence-corrected chi connectivity index (χ0v) is 14.3. The first-order valence-electron chi connectivity index (χ1n) is 6.45. The SMILES string of the molecule is O=P(Cl)(Cl)OC1(Cl)NB(c2ccccc2)Nc2ccccc21. The highest BCUT2D eigenvalue weighted by Gasteiger charge is 2.45. The summed E-state index contributed by atoms with van der Waals surface area (Å²) in [6, 6.07) is 16.8. The Bertz CT molecular complexity index is 730. The minimum atomic E-state index is -3.85. The van der Waals surface area contributed by atoms with Crippen LogP contribution in [0.25, 0.3) is 0 Å². The molecule has 1 atom stereocenters. The summed E-state index contributed by atoms with van der Waals surface area (Å²) in [6.45, 7) is -0.353. The molecule has 3 rings (SSSR count). The van der Waals surface area contributed by atoms with E-state index in [0.29, 0.717) is 5.56 Å². The third kappa shape index (κ3) is 3.46. The summed E-state index contributed by atoms with van der Waals surface area (Å²) in [4.78, 5) is 0. The first-order valence-corrected chi connectivity index (χ1v) is 10.3. The fourth-order valence-corrected chi connectivity index (χ4v) is 4.22. The lowest BCUT2D eigenvalue weighted by molar-refractivity contribution is 0.159. The molecule has 0 aliphatic carbocycles. The van der Waals surface area contributed by atoms with Crippen molar-refractivity contribution < 1.29 is 9.09 Å². The van der Waals surface area contributed by atoms with Gasteiger partial charge in [0.2, 0.25) is 5.18 Å². The number of alkyl halides is 1. The first-order chi connectivity index (χ1) is 10.4. The standard InChI is InChI=1S/C13H11BCl3N2O2P/c15-13(21-22(16,17)20)11-8-4-5-9-12(11)18-14(19-13)10-6-2-1-3-7-10/h1-9,18-19H. The van der Waals surface area contributed by atoms with Gasteiger partial charge in [0.25, 0.3) is 0 Å². The Morgan fingerprint density at radius 1 is 1.05 bits per heavy atom. The van der Waals surface area contributed by atoms with Crippen LogP contribution in [-0.2, 0) is 14.3 Å². The maximum Gasteiger partial charge on any atom is 0.383 e. The number of hydrogen-bond donors (Lipinski definition) is 2. The lowest BCUT2D eigenvalue weighted by Gasteiger charge is -2.38. The van der Waals surface area contributed by atoms with Crippen molar-refractivity contribution in [2.24, 2.45) is 0 Å². The minimum Gasteiger partial charge on any atom is -0.410 e. The fraction of sp³-hybridized carbons (Fsp3) is 0.0769. The van der Waals surface area contributed by atoms with E-state index >= 15 is 0 Å². The number of para-hydroxylation sites is 1. The van der Waals surface area contributed by atoms with E-state index in [1.165, 1.54) is 0 Å². The van der Waals surface area contributed by atoms with Crippen LogP contribution in [0.15, 0.2) is 54.6 Å². The van der Waals surface area contributed by atoms with Gasteiger partial charge in [-0.15, -0.1) is 0 Å². The van der Waals surface area contributed by atoms with E-state index < -0.39 is 11.3 Å². The van der Waals surface area contributed by atoms with Crippen molar-refractivity contribution in [3.8, 4) is 0 Å². The summed E-state index contributed by atoms with van der Waals surface area (Å²) in [5, 5.41) is 4.76. The Hall–Kier alpha value is -0.675. The molecule has 2 N–H and O–H groups in total. The van der Waals surface area contributed by atoms with E-state index in [9.17, 15) is 4.57 Å². The van der Waals surface area contributed by atoms with Crippen LogP contribution in [0.3, 0.4) is 0 Å². The van der Waals surface area contributed by atoms with Crippen molar-refractivity contribution >= 4 is 58.3 Å². The smallest absolute Gasteiger partial charge is 0.383 e.